The van der Waals surface area contributed by atoms with Crippen molar-refractivity contribution in [3.8, 4) is 0 Å². The quantitative estimate of drug-likeness (QED) is 0.436. The van der Waals surface area contributed by atoms with Crippen LogP contribution in [0.4, 0.5) is 74.6 Å². The third-order valence-electron chi connectivity index (χ3n) is 3.36. The molecule has 0 heterocycles. The van der Waals surface area contributed by atoms with Crippen molar-refractivity contribution in [3.63, 3.8) is 0 Å². The molecule has 0 aliphatic carbocycles. The maximum Gasteiger partial charge on any atom is 0.431 e. The fourth-order valence-corrected chi connectivity index (χ4v) is 1.92. The summed E-state index contributed by atoms with van der Waals surface area (Å²) in [6.45, 7) is 0. The third-order valence-corrected chi connectivity index (χ3v) is 3.36. The Bertz CT molecular complexity index is 462. The Morgan fingerprint density at radius 3 is 0.963 bits per heavy atom. The summed E-state index contributed by atoms with van der Waals surface area (Å²) in [4.78, 5) is 0. The van der Waals surface area contributed by atoms with Gasteiger partial charge in [-0.3, -0.25) is 0 Å². The number of hydrogen-bond donors (Lipinski definition) is 0. The molecule has 0 nitrogen and oxygen atoms in total. The van der Waals surface area contributed by atoms with Crippen molar-refractivity contribution in [2.75, 3.05) is 0 Å². The minimum Gasteiger partial charge on any atom is -0.241 e. The van der Waals surface area contributed by atoms with Gasteiger partial charge in [0.15, 0.2) is 6.17 Å². The fourth-order valence-electron chi connectivity index (χ4n) is 1.92. The number of rotatable bonds is 5. The SMILES string of the molecule is FC(F)C(F)C(CC(F)(C(F)(F)F)C(F)(F)F)C(F)(C(F)(F)F)C(F)(F)F. The Balaban J connectivity index is 6.78. The Kier molecular flexibility index (Phi) is 6.70. The molecule has 17 heteroatoms. The highest BCUT2D eigenvalue weighted by molar-refractivity contribution is 5.08. The molecule has 164 valence electrons. The van der Waals surface area contributed by atoms with Crippen LogP contribution in [-0.4, -0.2) is 48.6 Å². The van der Waals surface area contributed by atoms with Crippen molar-refractivity contribution < 1.29 is 74.6 Å². The summed E-state index contributed by atoms with van der Waals surface area (Å²) < 4.78 is 213. The van der Waals surface area contributed by atoms with Crippen LogP contribution >= 0.6 is 0 Å². The van der Waals surface area contributed by atoms with Crippen LogP contribution in [-0.2, 0) is 0 Å². The molecule has 0 aliphatic heterocycles. The molecule has 2 atom stereocenters. The van der Waals surface area contributed by atoms with Gasteiger partial charge in [-0.2, -0.15) is 52.7 Å². The van der Waals surface area contributed by atoms with E-state index in [4.69, 9.17) is 0 Å². The minimum absolute atomic E-state index is 4.30. The molecule has 0 spiro atoms. The van der Waals surface area contributed by atoms with Gasteiger partial charge in [-0.25, -0.2) is 22.0 Å². The molecular weight excluding hydrogens is 443 g/mol. The standard InChI is InChI=1S/C10H5F17/c11-3(4(12)13)2(6(15,9(22,23)24)10(25,26)27)1-5(14,7(16,17)18)8(19,20)21/h2-4H,1H2. The lowest BCUT2D eigenvalue weighted by Crippen LogP contribution is -2.65. The normalized spacial score (nSPS) is 18.0. The minimum atomic E-state index is -7.52. The van der Waals surface area contributed by atoms with Gasteiger partial charge in [0.2, 0.25) is 0 Å². The first-order valence-corrected chi connectivity index (χ1v) is 6.02. The molecule has 0 N–H and O–H groups in total. The number of halogens is 17. The second-order valence-electron chi connectivity index (χ2n) is 5.09. The van der Waals surface area contributed by atoms with E-state index in [9.17, 15) is 74.6 Å². The fraction of sp³-hybridized carbons (Fsp3) is 1.00. The average molecular weight is 448 g/mol. The number of hydrogen-bond acceptors (Lipinski definition) is 0. The number of alkyl halides is 17. The van der Waals surface area contributed by atoms with Crippen molar-refractivity contribution >= 4 is 0 Å². The van der Waals surface area contributed by atoms with E-state index in [2.05, 4.69) is 0 Å². The molecule has 0 aliphatic rings. The molecule has 0 rings (SSSR count). The summed E-state index contributed by atoms with van der Waals surface area (Å²) >= 11 is 0. The zero-order valence-electron chi connectivity index (χ0n) is 11.9. The zero-order valence-corrected chi connectivity index (χ0v) is 11.9. The summed E-state index contributed by atoms with van der Waals surface area (Å²) in [5, 5.41) is 0. The van der Waals surface area contributed by atoms with E-state index in [1.807, 2.05) is 0 Å². The summed E-state index contributed by atoms with van der Waals surface area (Å²) in [7, 11) is 0. The van der Waals surface area contributed by atoms with Crippen molar-refractivity contribution in [3.05, 3.63) is 0 Å². The summed E-state index contributed by atoms with van der Waals surface area (Å²) in [5.41, 5.74) is -14.4. The summed E-state index contributed by atoms with van der Waals surface area (Å²) in [6.07, 6.45) is -44.3. The lowest BCUT2D eigenvalue weighted by Gasteiger charge is -2.41. The highest BCUT2D eigenvalue weighted by Gasteiger charge is 2.82. The second kappa shape index (κ2) is 7.00. The van der Waals surface area contributed by atoms with Crippen molar-refractivity contribution in [2.24, 2.45) is 5.92 Å². The van der Waals surface area contributed by atoms with Gasteiger partial charge < -0.3 is 0 Å². The molecule has 0 radical (unpaired) electrons. The van der Waals surface area contributed by atoms with Gasteiger partial charge in [0.25, 0.3) is 12.1 Å². The van der Waals surface area contributed by atoms with Gasteiger partial charge in [0.05, 0.1) is 5.92 Å². The summed E-state index contributed by atoms with van der Waals surface area (Å²) in [5.74, 6) is -5.48. The first-order valence-electron chi connectivity index (χ1n) is 6.02. The molecule has 2 unspecified atom stereocenters. The van der Waals surface area contributed by atoms with Crippen molar-refractivity contribution in [1.29, 1.82) is 0 Å². The molecular formula is C10H5F17. The van der Waals surface area contributed by atoms with Crippen molar-refractivity contribution in [2.45, 2.75) is 55.1 Å². The Morgan fingerprint density at radius 1 is 0.481 bits per heavy atom. The molecule has 27 heavy (non-hydrogen) atoms. The zero-order chi connectivity index (χ0) is 22.4. The first-order chi connectivity index (χ1) is 11.4. The maximum atomic E-state index is 13.7. The topological polar surface area (TPSA) is 0 Å². The van der Waals surface area contributed by atoms with Crippen LogP contribution in [0.3, 0.4) is 0 Å². The van der Waals surface area contributed by atoms with E-state index in [-0.39, 0.29) is 0 Å². The van der Waals surface area contributed by atoms with E-state index < -0.39 is 61.0 Å². The highest BCUT2D eigenvalue weighted by Crippen LogP contribution is 2.58. The molecule has 0 amide bonds. The third kappa shape index (κ3) is 4.46. The predicted molar refractivity (Wildman–Crippen MR) is 50.9 cm³/mol. The van der Waals surface area contributed by atoms with Crippen LogP contribution in [0.15, 0.2) is 0 Å². The van der Waals surface area contributed by atoms with Gasteiger partial charge >= 0.3 is 30.4 Å². The van der Waals surface area contributed by atoms with Crippen LogP contribution in [0.1, 0.15) is 6.42 Å². The van der Waals surface area contributed by atoms with Gasteiger partial charge in [-0.1, -0.05) is 0 Å². The monoisotopic (exact) mass is 448 g/mol. The predicted octanol–water partition coefficient (Wildman–Crippen LogP) is 6.26. The largest absolute Gasteiger partial charge is 0.431 e. The van der Waals surface area contributed by atoms with E-state index >= 15 is 0 Å². The van der Waals surface area contributed by atoms with E-state index in [0.717, 1.165) is 0 Å². The van der Waals surface area contributed by atoms with Gasteiger partial charge in [0, 0.05) is 6.42 Å². The first kappa shape index (κ1) is 25.8. The van der Waals surface area contributed by atoms with E-state index in [1.54, 1.807) is 0 Å². The van der Waals surface area contributed by atoms with Crippen molar-refractivity contribution in [1.82, 2.24) is 0 Å². The average Bonchev–Trinajstić information content (AvgIpc) is 2.37. The van der Waals surface area contributed by atoms with Crippen LogP contribution in [0.25, 0.3) is 0 Å². The highest BCUT2D eigenvalue weighted by atomic mass is 19.4. The lowest BCUT2D eigenvalue weighted by molar-refractivity contribution is -0.385. The van der Waals surface area contributed by atoms with Crippen LogP contribution in [0, 0.1) is 5.92 Å². The molecule has 0 bridgehead atoms. The van der Waals surface area contributed by atoms with Crippen LogP contribution in [0.2, 0.25) is 0 Å². The Hall–Kier alpha value is -1.19. The molecule has 0 aromatic carbocycles. The molecule has 0 fully saturated rings. The summed E-state index contributed by atoms with van der Waals surface area (Å²) in [6, 6.07) is 0. The van der Waals surface area contributed by atoms with Crippen LogP contribution in [0.5, 0.6) is 0 Å². The molecule has 0 aromatic heterocycles. The van der Waals surface area contributed by atoms with Gasteiger partial charge in [0.1, 0.15) is 0 Å². The van der Waals surface area contributed by atoms with E-state index in [1.165, 1.54) is 0 Å². The van der Waals surface area contributed by atoms with Crippen LogP contribution < -0.4 is 0 Å². The van der Waals surface area contributed by atoms with Gasteiger partial charge in [-0.15, -0.1) is 0 Å². The molecule has 0 aromatic rings. The Morgan fingerprint density at radius 2 is 0.778 bits per heavy atom. The molecule has 0 saturated carbocycles. The lowest BCUT2D eigenvalue weighted by atomic mass is 9.76. The maximum absolute atomic E-state index is 13.7. The smallest absolute Gasteiger partial charge is 0.241 e. The van der Waals surface area contributed by atoms with E-state index in [0.29, 0.717) is 0 Å². The Labute approximate surface area is 137 Å². The van der Waals surface area contributed by atoms with Gasteiger partial charge in [-0.05, 0) is 0 Å². The second-order valence-corrected chi connectivity index (χ2v) is 5.09. The molecule has 0 saturated heterocycles.